The molecule has 0 bridgehead atoms. The number of nitrogens with one attached hydrogen (secondary N) is 1. The molecule has 1 amide bonds. The van der Waals surface area contributed by atoms with Crippen LogP contribution in [0.5, 0.6) is 0 Å². The van der Waals surface area contributed by atoms with Crippen LogP contribution in [-0.4, -0.2) is 17.7 Å². The van der Waals surface area contributed by atoms with Crippen molar-refractivity contribution in [2.24, 2.45) is 0 Å². The molecule has 0 heterocycles. The van der Waals surface area contributed by atoms with Crippen LogP contribution >= 0.6 is 12.6 Å². The molecule has 0 aliphatic heterocycles. The van der Waals surface area contributed by atoms with Crippen molar-refractivity contribution in [3.63, 3.8) is 0 Å². The molecule has 1 aromatic carbocycles. The molecule has 1 aliphatic rings. The summed E-state index contributed by atoms with van der Waals surface area (Å²) in [5.74, 6) is 0.710. The van der Waals surface area contributed by atoms with E-state index in [0.29, 0.717) is 12.2 Å². The van der Waals surface area contributed by atoms with E-state index in [2.05, 4.69) is 17.9 Å². The first-order chi connectivity index (χ1) is 8.20. The molecule has 1 N–H and O–H groups in total. The summed E-state index contributed by atoms with van der Waals surface area (Å²) in [5, 5.41) is 2.93. The van der Waals surface area contributed by atoms with Crippen LogP contribution in [0.25, 0.3) is 0 Å². The fraction of sp³-hybridized carbons (Fsp3) is 0.462. The summed E-state index contributed by atoms with van der Waals surface area (Å²) in [6.45, 7) is 0. The largest absolute Gasteiger partial charge is 0.353 e. The van der Waals surface area contributed by atoms with E-state index in [1.54, 1.807) is 6.07 Å². The van der Waals surface area contributed by atoms with Crippen molar-refractivity contribution in [1.29, 1.82) is 0 Å². The predicted octanol–water partition coefficient (Wildman–Crippen LogP) is 2.51. The van der Waals surface area contributed by atoms with Crippen LogP contribution in [0.4, 0.5) is 4.39 Å². The van der Waals surface area contributed by atoms with Crippen LogP contribution in [-0.2, 0) is 4.79 Å². The molecule has 0 radical (unpaired) electrons. The van der Waals surface area contributed by atoms with Crippen LogP contribution in [0.1, 0.15) is 30.7 Å². The van der Waals surface area contributed by atoms with E-state index in [1.807, 2.05) is 12.1 Å². The highest BCUT2D eigenvalue weighted by Gasteiger charge is 2.32. The van der Waals surface area contributed by atoms with Gasteiger partial charge in [0.15, 0.2) is 0 Å². The van der Waals surface area contributed by atoms with Crippen molar-refractivity contribution in [2.45, 2.75) is 31.2 Å². The summed E-state index contributed by atoms with van der Waals surface area (Å²) >= 11 is 4.01. The van der Waals surface area contributed by atoms with E-state index < -0.39 is 0 Å². The Morgan fingerprint density at radius 2 is 2.12 bits per heavy atom. The average molecular weight is 253 g/mol. The monoisotopic (exact) mass is 253 g/mol. The van der Waals surface area contributed by atoms with Gasteiger partial charge in [-0.2, -0.15) is 12.6 Å². The molecule has 17 heavy (non-hydrogen) atoms. The third kappa shape index (κ3) is 3.00. The van der Waals surface area contributed by atoms with Crippen molar-refractivity contribution < 1.29 is 9.18 Å². The van der Waals surface area contributed by atoms with E-state index in [0.717, 1.165) is 18.4 Å². The Bertz CT molecular complexity index is 404. The molecule has 0 aromatic heterocycles. The lowest BCUT2D eigenvalue weighted by molar-refractivity contribution is -0.122. The number of halogens is 1. The van der Waals surface area contributed by atoms with Crippen LogP contribution in [0.15, 0.2) is 24.3 Å². The van der Waals surface area contributed by atoms with Crippen LogP contribution in [0.2, 0.25) is 0 Å². The molecule has 0 spiro atoms. The maximum atomic E-state index is 13.5. The quantitative estimate of drug-likeness (QED) is 0.793. The molecule has 0 unspecified atom stereocenters. The minimum Gasteiger partial charge on any atom is -0.353 e. The lowest BCUT2D eigenvalue weighted by Gasteiger charge is -2.36. The van der Waals surface area contributed by atoms with Gasteiger partial charge in [0.2, 0.25) is 5.91 Å². The highest BCUT2D eigenvalue weighted by atomic mass is 32.1. The fourth-order valence-electron chi connectivity index (χ4n) is 2.20. The summed E-state index contributed by atoms with van der Waals surface area (Å²) < 4.78 is 13.5. The van der Waals surface area contributed by atoms with Gasteiger partial charge in [0.05, 0.1) is 0 Å². The highest BCUT2D eigenvalue weighted by molar-refractivity contribution is 7.80. The zero-order valence-electron chi connectivity index (χ0n) is 9.53. The summed E-state index contributed by atoms with van der Waals surface area (Å²) in [5.41, 5.74) is 0.771. The topological polar surface area (TPSA) is 29.1 Å². The van der Waals surface area contributed by atoms with Crippen LogP contribution in [0.3, 0.4) is 0 Å². The third-order valence-corrected chi connectivity index (χ3v) is 3.41. The Balaban J connectivity index is 1.83. The first-order valence-corrected chi connectivity index (χ1v) is 6.48. The lowest BCUT2D eigenvalue weighted by atomic mass is 9.75. The first kappa shape index (κ1) is 12.4. The molecule has 1 fully saturated rings. The fourth-order valence-corrected chi connectivity index (χ4v) is 2.40. The predicted molar refractivity (Wildman–Crippen MR) is 68.8 cm³/mol. The number of thiol groups is 1. The summed E-state index contributed by atoms with van der Waals surface area (Å²) in [4.78, 5) is 11.3. The number of carbonyl (C=O) groups is 1. The van der Waals surface area contributed by atoms with E-state index in [9.17, 15) is 9.18 Å². The third-order valence-electron chi connectivity index (χ3n) is 3.19. The number of rotatable bonds is 4. The van der Waals surface area contributed by atoms with Crippen LogP contribution in [0, 0.1) is 5.82 Å². The van der Waals surface area contributed by atoms with Crippen molar-refractivity contribution >= 4 is 18.5 Å². The zero-order chi connectivity index (χ0) is 12.3. The number of amides is 1. The van der Waals surface area contributed by atoms with Gasteiger partial charge in [0.25, 0.3) is 0 Å². The molecule has 1 aliphatic carbocycles. The normalized spacial score (nSPS) is 22.9. The van der Waals surface area contributed by atoms with E-state index in [4.69, 9.17) is 0 Å². The maximum absolute atomic E-state index is 13.5. The summed E-state index contributed by atoms with van der Waals surface area (Å²) in [7, 11) is 0. The summed E-state index contributed by atoms with van der Waals surface area (Å²) in [6.07, 6.45) is 2.11. The molecule has 1 saturated carbocycles. The number of hydrogen-bond donors (Lipinski definition) is 2. The van der Waals surface area contributed by atoms with Gasteiger partial charge >= 0.3 is 0 Å². The second-order valence-corrected chi connectivity index (χ2v) is 4.88. The molecule has 2 nitrogen and oxygen atoms in total. The second kappa shape index (κ2) is 5.54. The van der Waals surface area contributed by atoms with E-state index >= 15 is 0 Å². The smallest absolute Gasteiger partial charge is 0.221 e. The maximum Gasteiger partial charge on any atom is 0.221 e. The minimum atomic E-state index is -0.141. The van der Waals surface area contributed by atoms with Crippen molar-refractivity contribution in [1.82, 2.24) is 5.32 Å². The molecular formula is C13H16FNOS. The van der Waals surface area contributed by atoms with Gasteiger partial charge in [-0.15, -0.1) is 0 Å². The van der Waals surface area contributed by atoms with Crippen molar-refractivity contribution in [3.8, 4) is 0 Å². The SMILES string of the molecule is O=C(CCS)NC1CC(c2ccccc2F)C1. The highest BCUT2D eigenvalue weighted by Crippen LogP contribution is 2.37. The van der Waals surface area contributed by atoms with Gasteiger partial charge in [-0.1, -0.05) is 18.2 Å². The molecule has 2 rings (SSSR count). The van der Waals surface area contributed by atoms with Gasteiger partial charge in [-0.25, -0.2) is 4.39 Å². The lowest BCUT2D eigenvalue weighted by Crippen LogP contribution is -2.43. The van der Waals surface area contributed by atoms with Gasteiger partial charge < -0.3 is 5.32 Å². The van der Waals surface area contributed by atoms with E-state index in [-0.39, 0.29) is 23.7 Å². The van der Waals surface area contributed by atoms with Crippen molar-refractivity contribution in [2.75, 3.05) is 5.75 Å². The molecule has 1 aromatic rings. The Morgan fingerprint density at radius 1 is 1.41 bits per heavy atom. The van der Waals surface area contributed by atoms with Crippen LogP contribution < -0.4 is 5.32 Å². The molecule has 92 valence electrons. The number of benzene rings is 1. The number of hydrogen-bond acceptors (Lipinski definition) is 2. The van der Waals surface area contributed by atoms with Gasteiger partial charge in [0, 0.05) is 12.5 Å². The Labute approximate surface area is 106 Å². The average Bonchev–Trinajstić information content (AvgIpc) is 2.25. The minimum absolute atomic E-state index is 0.0389. The standard InChI is InChI=1S/C13H16FNOS/c14-12-4-2-1-3-11(12)9-7-10(8-9)15-13(16)5-6-17/h1-4,9-10,17H,5-8H2,(H,15,16). The molecular weight excluding hydrogens is 237 g/mol. The Hall–Kier alpha value is -1.03. The zero-order valence-corrected chi connectivity index (χ0v) is 10.4. The summed E-state index contributed by atoms with van der Waals surface area (Å²) in [6, 6.07) is 7.06. The van der Waals surface area contributed by atoms with Gasteiger partial charge in [0.1, 0.15) is 5.82 Å². The van der Waals surface area contributed by atoms with Crippen molar-refractivity contribution in [3.05, 3.63) is 35.6 Å². The first-order valence-electron chi connectivity index (χ1n) is 5.85. The van der Waals surface area contributed by atoms with Gasteiger partial charge in [-0.3, -0.25) is 4.79 Å². The Kier molecular flexibility index (Phi) is 4.05. The number of carbonyl (C=O) groups excluding carboxylic acids is 1. The second-order valence-electron chi connectivity index (χ2n) is 4.43. The molecule has 4 heteroatoms. The Morgan fingerprint density at radius 3 is 2.76 bits per heavy atom. The molecule has 0 atom stereocenters. The molecule has 0 saturated heterocycles. The van der Waals surface area contributed by atoms with E-state index in [1.165, 1.54) is 6.07 Å². The van der Waals surface area contributed by atoms with Gasteiger partial charge in [-0.05, 0) is 36.1 Å².